The molecule has 1 heterocycles. The van der Waals surface area contributed by atoms with E-state index in [9.17, 15) is 0 Å². The van der Waals surface area contributed by atoms with Crippen molar-refractivity contribution in [2.75, 3.05) is 0 Å². The Labute approximate surface area is 68.1 Å². The first-order valence-electron chi connectivity index (χ1n) is 3.00. The average Bonchev–Trinajstić information content (AvgIpc) is 2.11. The predicted molar refractivity (Wildman–Crippen MR) is 43.5 cm³/mol. The maximum absolute atomic E-state index is 5.81. The van der Waals surface area contributed by atoms with Crippen molar-refractivity contribution in [1.82, 2.24) is 10.2 Å². The number of aromatic amines is 1. The zero-order valence-electron chi connectivity index (χ0n) is 5.98. The highest BCUT2D eigenvalue weighted by molar-refractivity contribution is 9.10. The number of nitrogens with two attached hydrogens (primary N) is 1. The molecule has 0 spiro atoms. The molecule has 0 aliphatic heterocycles. The SMILES string of the molecule is CC(C)(N)c1cn[nH]c1Br. The van der Waals surface area contributed by atoms with E-state index in [4.69, 9.17) is 5.73 Å². The number of nitrogens with zero attached hydrogens (tertiary/aromatic N) is 1. The second-order valence-corrected chi connectivity index (χ2v) is 3.61. The molecule has 0 radical (unpaired) electrons. The van der Waals surface area contributed by atoms with E-state index in [1.165, 1.54) is 0 Å². The van der Waals surface area contributed by atoms with Crippen molar-refractivity contribution in [2.45, 2.75) is 19.4 Å². The van der Waals surface area contributed by atoms with Crippen LogP contribution in [0.2, 0.25) is 0 Å². The number of rotatable bonds is 1. The van der Waals surface area contributed by atoms with Crippen LogP contribution in [-0.2, 0) is 5.54 Å². The van der Waals surface area contributed by atoms with Crippen LogP contribution in [0.15, 0.2) is 10.8 Å². The third kappa shape index (κ3) is 1.38. The first-order valence-corrected chi connectivity index (χ1v) is 3.79. The number of hydrogen-bond acceptors (Lipinski definition) is 2. The average molecular weight is 204 g/mol. The molecule has 0 fully saturated rings. The highest BCUT2D eigenvalue weighted by Crippen LogP contribution is 2.22. The number of aromatic nitrogens is 2. The lowest BCUT2D eigenvalue weighted by Gasteiger charge is -2.16. The molecule has 0 atom stereocenters. The van der Waals surface area contributed by atoms with Gasteiger partial charge in [0, 0.05) is 11.1 Å². The minimum absolute atomic E-state index is 0.328. The monoisotopic (exact) mass is 203 g/mol. The standard InChI is InChI=1S/C6H10BrN3/c1-6(2,8)4-3-9-10-5(4)7/h3H,8H2,1-2H3,(H,9,10). The van der Waals surface area contributed by atoms with Crippen LogP contribution in [0.1, 0.15) is 19.4 Å². The number of hydrogen-bond donors (Lipinski definition) is 2. The van der Waals surface area contributed by atoms with Crippen LogP contribution in [0.5, 0.6) is 0 Å². The predicted octanol–water partition coefficient (Wildman–Crippen LogP) is 1.37. The third-order valence-electron chi connectivity index (χ3n) is 1.29. The Bertz CT molecular complexity index is 223. The van der Waals surface area contributed by atoms with Crippen LogP contribution in [0.3, 0.4) is 0 Å². The zero-order valence-corrected chi connectivity index (χ0v) is 7.57. The van der Waals surface area contributed by atoms with E-state index < -0.39 is 0 Å². The summed E-state index contributed by atoms with van der Waals surface area (Å²) in [6.07, 6.45) is 1.73. The Morgan fingerprint density at radius 2 is 2.30 bits per heavy atom. The quantitative estimate of drug-likeness (QED) is 0.725. The molecule has 0 aromatic carbocycles. The lowest BCUT2D eigenvalue weighted by molar-refractivity contribution is 0.552. The Morgan fingerprint density at radius 3 is 2.50 bits per heavy atom. The number of halogens is 1. The van der Waals surface area contributed by atoms with Crippen LogP contribution in [0, 0.1) is 0 Å². The van der Waals surface area contributed by atoms with E-state index in [1.807, 2.05) is 13.8 Å². The smallest absolute Gasteiger partial charge is 0.105 e. The van der Waals surface area contributed by atoms with Gasteiger partial charge in [0.15, 0.2) is 0 Å². The maximum Gasteiger partial charge on any atom is 0.105 e. The summed E-state index contributed by atoms with van der Waals surface area (Å²) >= 11 is 3.30. The zero-order chi connectivity index (χ0) is 7.78. The third-order valence-corrected chi connectivity index (χ3v) is 1.89. The van der Waals surface area contributed by atoms with Crippen LogP contribution < -0.4 is 5.73 Å². The van der Waals surface area contributed by atoms with Crippen molar-refractivity contribution in [3.8, 4) is 0 Å². The van der Waals surface area contributed by atoms with Gasteiger partial charge in [-0.25, -0.2) is 0 Å². The molecule has 1 aromatic heterocycles. The summed E-state index contributed by atoms with van der Waals surface area (Å²) in [5.74, 6) is 0. The van der Waals surface area contributed by atoms with Gasteiger partial charge in [0.1, 0.15) is 4.60 Å². The first-order chi connectivity index (χ1) is 4.52. The van der Waals surface area contributed by atoms with Crippen LogP contribution >= 0.6 is 15.9 Å². The summed E-state index contributed by atoms with van der Waals surface area (Å²) < 4.78 is 0.861. The van der Waals surface area contributed by atoms with Crippen LogP contribution in [0.4, 0.5) is 0 Å². The highest BCUT2D eigenvalue weighted by atomic mass is 79.9. The molecule has 0 saturated carbocycles. The van der Waals surface area contributed by atoms with Gasteiger partial charge in [-0.05, 0) is 29.8 Å². The summed E-state index contributed by atoms with van der Waals surface area (Å²) in [4.78, 5) is 0. The van der Waals surface area contributed by atoms with Gasteiger partial charge in [0.05, 0.1) is 6.20 Å². The van der Waals surface area contributed by atoms with E-state index in [2.05, 4.69) is 26.1 Å². The molecule has 10 heavy (non-hydrogen) atoms. The van der Waals surface area contributed by atoms with E-state index in [0.717, 1.165) is 10.2 Å². The summed E-state index contributed by atoms with van der Waals surface area (Å²) in [5.41, 5.74) is 6.48. The van der Waals surface area contributed by atoms with E-state index in [1.54, 1.807) is 6.20 Å². The van der Waals surface area contributed by atoms with Gasteiger partial charge in [0.25, 0.3) is 0 Å². The molecular formula is C6H10BrN3. The Balaban J connectivity index is 3.05. The van der Waals surface area contributed by atoms with Crippen molar-refractivity contribution in [2.24, 2.45) is 5.73 Å². The van der Waals surface area contributed by atoms with Gasteiger partial charge in [-0.2, -0.15) is 5.10 Å². The molecular weight excluding hydrogens is 194 g/mol. The first kappa shape index (κ1) is 7.75. The van der Waals surface area contributed by atoms with E-state index >= 15 is 0 Å². The number of nitrogens with one attached hydrogen (secondary N) is 1. The molecule has 0 bridgehead atoms. The second kappa shape index (κ2) is 2.36. The molecule has 4 heteroatoms. The fraction of sp³-hybridized carbons (Fsp3) is 0.500. The lowest BCUT2D eigenvalue weighted by atomic mass is 10.00. The summed E-state index contributed by atoms with van der Waals surface area (Å²) in [6, 6.07) is 0. The summed E-state index contributed by atoms with van der Waals surface area (Å²) in [5, 5.41) is 6.60. The normalized spacial score (nSPS) is 12.0. The fourth-order valence-corrected chi connectivity index (χ4v) is 1.44. The highest BCUT2D eigenvalue weighted by Gasteiger charge is 2.18. The molecule has 0 aliphatic rings. The Hall–Kier alpha value is -0.350. The van der Waals surface area contributed by atoms with Crippen molar-refractivity contribution in [3.63, 3.8) is 0 Å². The fourth-order valence-electron chi connectivity index (χ4n) is 0.720. The summed E-state index contributed by atoms with van der Waals surface area (Å²) in [6.45, 7) is 3.87. The van der Waals surface area contributed by atoms with Crippen molar-refractivity contribution in [3.05, 3.63) is 16.4 Å². The van der Waals surface area contributed by atoms with Crippen molar-refractivity contribution < 1.29 is 0 Å². The van der Waals surface area contributed by atoms with E-state index in [-0.39, 0.29) is 5.54 Å². The molecule has 56 valence electrons. The van der Waals surface area contributed by atoms with Gasteiger partial charge < -0.3 is 5.73 Å². The van der Waals surface area contributed by atoms with Gasteiger partial charge in [-0.15, -0.1) is 0 Å². The van der Waals surface area contributed by atoms with Crippen LogP contribution in [0.25, 0.3) is 0 Å². The van der Waals surface area contributed by atoms with Crippen LogP contribution in [-0.4, -0.2) is 10.2 Å². The molecule has 3 nitrogen and oxygen atoms in total. The maximum atomic E-state index is 5.81. The Morgan fingerprint density at radius 1 is 1.70 bits per heavy atom. The Kier molecular flexibility index (Phi) is 1.83. The minimum Gasteiger partial charge on any atom is -0.322 e. The molecule has 0 amide bonds. The van der Waals surface area contributed by atoms with Crippen molar-refractivity contribution >= 4 is 15.9 Å². The van der Waals surface area contributed by atoms with Gasteiger partial charge >= 0.3 is 0 Å². The molecule has 0 aliphatic carbocycles. The summed E-state index contributed by atoms with van der Waals surface area (Å²) in [7, 11) is 0. The largest absolute Gasteiger partial charge is 0.322 e. The van der Waals surface area contributed by atoms with Crippen molar-refractivity contribution in [1.29, 1.82) is 0 Å². The molecule has 1 rings (SSSR count). The van der Waals surface area contributed by atoms with Gasteiger partial charge in [0.2, 0.25) is 0 Å². The van der Waals surface area contributed by atoms with Gasteiger partial charge in [-0.3, -0.25) is 5.10 Å². The van der Waals surface area contributed by atoms with Gasteiger partial charge in [-0.1, -0.05) is 0 Å². The number of H-pyrrole nitrogens is 1. The molecule has 3 N–H and O–H groups in total. The lowest BCUT2D eigenvalue weighted by Crippen LogP contribution is -2.28. The molecule has 0 unspecified atom stereocenters. The minimum atomic E-state index is -0.328. The molecule has 1 aromatic rings. The topological polar surface area (TPSA) is 54.7 Å². The van der Waals surface area contributed by atoms with E-state index in [0.29, 0.717) is 0 Å². The molecule has 0 saturated heterocycles. The second-order valence-electron chi connectivity index (χ2n) is 2.82.